The van der Waals surface area contributed by atoms with Gasteiger partial charge < -0.3 is 14.8 Å². The highest BCUT2D eigenvalue weighted by Gasteiger charge is 2.30. The van der Waals surface area contributed by atoms with Crippen LogP contribution in [0, 0.1) is 6.92 Å². The number of nitrogens with one attached hydrogen (secondary N) is 2. The minimum Gasteiger partial charge on any atom is -0.493 e. The predicted molar refractivity (Wildman–Crippen MR) is 130 cm³/mol. The van der Waals surface area contributed by atoms with Crippen molar-refractivity contribution in [2.75, 3.05) is 12.4 Å². The maximum atomic E-state index is 12.6. The number of alkyl halides is 3. The quantitative estimate of drug-likeness (QED) is 0.163. The summed E-state index contributed by atoms with van der Waals surface area (Å²) < 4.78 is 48.7. The Balaban J connectivity index is 1.65. The number of amides is 2. The standard InChI is InChI=1S/C26H22F3N3O5/c1-15-6-4-5-7-20(15)25(35)37-21-13-8-17(14-22(21)36-3)16(2)31-32-24(34)23(33)30-19-11-9-18(10-12-19)26(27,28)29/h4-14H,1-3H3,(H,30,33)(H,32,34)/b31-16+. The molecule has 2 N–H and O–H groups in total. The molecule has 0 aliphatic carbocycles. The highest BCUT2D eigenvalue weighted by atomic mass is 19.4. The molecule has 0 radical (unpaired) electrons. The number of ether oxygens (including phenoxy) is 2. The number of rotatable bonds is 6. The Labute approximate surface area is 210 Å². The maximum Gasteiger partial charge on any atom is 0.416 e. The number of hydrogen-bond donors (Lipinski definition) is 2. The first-order chi connectivity index (χ1) is 17.5. The van der Waals surface area contributed by atoms with Crippen LogP contribution in [0.1, 0.15) is 34.0 Å². The Hall–Kier alpha value is -4.67. The Morgan fingerprint density at radius 1 is 0.892 bits per heavy atom. The molecular weight excluding hydrogens is 491 g/mol. The van der Waals surface area contributed by atoms with Crippen LogP contribution in [0.5, 0.6) is 11.5 Å². The highest BCUT2D eigenvalue weighted by molar-refractivity contribution is 6.39. The van der Waals surface area contributed by atoms with Gasteiger partial charge in [0.2, 0.25) is 0 Å². The van der Waals surface area contributed by atoms with E-state index in [4.69, 9.17) is 9.47 Å². The van der Waals surface area contributed by atoms with Gasteiger partial charge in [-0.2, -0.15) is 18.3 Å². The van der Waals surface area contributed by atoms with E-state index in [2.05, 4.69) is 15.8 Å². The largest absolute Gasteiger partial charge is 0.493 e. The van der Waals surface area contributed by atoms with Crippen LogP contribution < -0.4 is 20.2 Å². The summed E-state index contributed by atoms with van der Waals surface area (Å²) in [5.74, 6) is -2.39. The molecule has 3 aromatic rings. The lowest BCUT2D eigenvalue weighted by atomic mass is 10.1. The fraction of sp³-hybridized carbons (Fsp3) is 0.154. The van der Waals surface area contributed by atoms with E-state index in [0.717, 1.165) is 29.8 Å². The first kappa shape index (κ1) is 26.9. The smallest absolute Gasteiger partial charge is 0.416 e. The molecule has 192 valence electrons. The predicted octanol–water partition coefficient (Wildman–Crippen LogP) is 4.72. The summed E-state index contributed by atoms with van der Waals surface area (Å²) in [6.45, 7) is 3.34. The minimum absolute atomic E-state index is 0.00872. The molecule has 37 heavy (non-hydrogen) atoms. The summed E-state index contributed by atoms with van der Waals surface area (Å²) in [5.41, 5.74) is 3.15. The maximum absolute atomic E-state index is 12.6. The first-order valence-corrected chi connectivity index (χ1v) is 10.8. The van der Waals surface area contributed by atoms with E-state index in [9.17, 15) is 27.6 Å². The Kier molecular flexibility index (Phi) is 8.28. The van der Waals surface area contributed by atoms with Crippen molar-refractivity contribution in [1.29, 1.82) is 0 Å². The molecule has 0 atom stereocenters. The second-order valence-electron chi connectivity index (χ2n) is 7.74. The summed E-state index contributed by atoms with van der Waals surface area (Å²) in [6.07, 6.45) is -4.52. The Bertz CT molecular complexity index is 1350. The van der Waals surface area contributed by atoms with Gasteiger partial charge in [-0.05, 0) is 67.9 Å². The monoisotopic (exact) mass is 513 g/mol. The summed E-state index contributed by atoms with van der Waals surface area (Å²) in [4.78, 5) is 36.6. The highest BCUT2D eigenvalue weighted by Crippen LogP contribution is 2.30. The van der Waals surface area contributed by atoms with Crippen LogP contribution in [0.25, 0.3) is 0 Å². The van der Waals surface area contributed by atoms with E-state index in [1.165, 1.54) is 19.2 Å². The first-order valence-electron chi connectivity index (χ1n) is 10.8. The second kappa shape index (κ2) is 11.4. The molecule has 11 heteroatoms. The number of carbonyl (C=O) groups is 3. The number of aryl methyl sites for hydroxylation is 1. The average molecular weight is 513 g/mol. The van der Waals surface area contributed by atoms with Crippen molar-refractivity contribution in [1.82, 2.24) is 5.43 Å². The zero-order chi connectivity index (χ0) is 27.2. The zero-order valence-electron chi connectivity index (χ0n) is 20.0. The van der Waals surface area contributed by atoms with Crippen molar-refractivity contribution in [3.8, 4) is 11.5 Å². The van der Waals surface area contributed by atoms with Crippen LogP contribution >= 0.6 is 0 Å². The van der Waals surface area contributed by atoms with E-state index >= 15 is 0 Å². The molecule has 0 unspecified atom stereocenters. The minimum atomic E-state index is -4.52. The molecular formula is C26H22F3N3O5. The van der Waals surface area contributed by atoms with Crippen molar-refractivity contribution in [2.24, 2.45) is 5.10 Å². The molecule has 0 saturated carbocycles. The molecule has 0 fully saturated rings. The van der Waals surface area contributed by atoms with Gasteiger partial charge in [-0.1, -0.05) is 18.2 Å². The molecule has 0 bridgehead atoms. The van der Waals surface area contributed by atoms with Gasteiger partial charge in [0.05, 0.1) is 23.9 Å². The van der Waals surface area contributed by atoms with Gasteiger partial charge >= 0.3 is 24.0 Å². The lowest BCUT2D eigenvalue weighted by molar-refractivity contribution is -0.137. The number of hydrazone groups is 1. The van der Waals surface area contributed by atoms with E-state index in [0.29, 0.717) is 16.8 Å². The molecule has 0 aliphatic rings. The van der Waals surface area contributed by atoms with Gasteiger partial charge in [0.15, 0.2) is 11.5 Å². The lowest BCUT2D eigenvalue weighted by Gasteiger charge is -2.12. The molecule has 0 aliphatic heterocycles. The van der Waals surface area contributed by atoms with Gasteiger partial charge in [0.25, 0.3) is 0 Å². The van der Waals surface area contributed by atoms with Gasteiger partial charge in [-0.3, -0.25) is 9.59 Å². The average Bonchev–Trinajstić information content (AvgIpc) is 2.87. The van der Waals surface area contributed by atoms with E-state index in [-0.39, 0.29) is 17.2 Å². The summed E-state index contributed by atoms with van der Waals surface area (Å²) in [5, 5.41) is 6.06. The van der Waals surface area contributed by atoms with Crippen molar-refractivity contribution >= 4 is 29.2 Å². The number of halogens is 3. The number of anilines is 1. The van der Waals surface area contributed by atoms with Crippen LogP contribution in [0.3, 0.4) is 0 Å². The third-order valence-corrected chi connectivity index (χ3v) is 5.15. The molecule has 0 heterocycles. The van der Waals surface area contributed by atoms with E-state index in [1.807, 2.05) is 0 Å². The molecule has 0 aromatic heterocycles. The number of hydrogen-bond acceptors (Lipinski definition) is 6. The summed E-state index contributed by atoms with van der Waals surface area (Å²) in [6, 6.07) is 15.2. The van der Waals surface area contributed by atoms with E-state index < -0.39 is 29.5 Å². The SMILES string of the molecule is COc1cc(/C(C)=N/NC(=O)C(=O)Nc2ccc(C(F)(F)F)cc2)ccc1OC(=O)c1ccccc1C. The number of esters is 1. The molecule has 2 amide bonds. The Morgan fingerprint density at radius 3 is 2.19 bits per heavy atom. The van der Waals surface area contributed by atoms with Crippen molar-refractivity contribution < 1.29 is 37.0 Å². The normalized spacial score (nSPS) is 11.5. The van der Waals surface area contributed by atoms with E-state index in [1.54, 1.807) is 44.2 Å². The zero-order valence-corrected chi connectivity index (χ0v) is 20.0. The van der Waals surface area contributed by atoms with Crippen LogP contribution in [-0.4, -0.2) is 30.6 Å². The third kappa shape index (κ3) is 6.94. The fourth-order valence-corrected chi connectivity index (χ4v) is 3.11. The third-order valence-electron chi connectivity index (χ3n) is 5.15. The lowest BCUT2D eigenvalue weighted by Crippen LogP contribution is -2.33. The molecule has 8 nitrogen and oxygen atoms in total. The summed E-state index contributed by atoms with van der Waals surface area (Å²) >= 11 is 0. The van der Waals surface area contributed by atoms with Gasteiger partial charge in [0, 0.05) is 11.3 Å². The van der Waals surface area contributed by atoms with Crippen molar-refractivity contribution in [3.63, 3.8) is 0 Å². The molecule has 0 spiro atoms. The molecule has 0 saturated heterocycles. The van der Waals surface area contributed by atoms with Crippen LogP contribution in [0.4, 0.5) is 18.9 Å². The van der Waals surface area contributed by atoms with Crippen LogP contribution in [-0.2, 0) is 15.8 Å². The van der Waals surface area contributed by atoms with Gasteiger partial charge in [-0.25, -0.2) is 10.2 Å². The van der Waals surface area contributed by atoms with Gasteiger partial charge in [0.1, 0.15) is 0 Å². The molecule has 3 rings (SSSR count). The number of methoxy groups -OCH3 is 1. The topological polar surface area (TPSA) is 106 Å². The number of nitrogens with zero attached hydrogens (tertiary/aromatic N) is 1. The molecule has 3 aromatic carbocycles. The van der Waals surface area contributed by atoms with Crippen molar-refractivity contribution in [2.45, 2.75) is 20.0 Å². The van der Waals surface area contributed by atoms with Crippen LogP contribution in [0.15, 0.2) is 71.8 Å². The number of benzene rings is 3. The Morgan fingerprint density at radius 2 is 1.57 bits per heavy atom. The van der Waals surface area contributed by atoms with Crippen LogP contribution in [0.2, 0.25) is 0 Å². The number of carbonyl (C=O) groups excluding carboxylic acids is 3. The van der Waals surface area contributed by atoms with Gasteiger partial charge in [-0.15, -0.1) is 0 Å². The second-order valence-corrected chi connectivity index (χ2v) is 7.74. The fourth-order valence-electron chi connectivity index (χ4n) is 3.11. The summed E-state index contributed by atoms with van der Waals surface area (Å²) in [7, 11) is 1.39. The van der Waals surface area contributed by atoms with Crippen molar-refractivity contribution in [3.05, 3.63) is 89.0 Å².